The van der Waals surface area contributed by atoms with E-state index >= 15 is 0 Å². The van der Waals surface area contributed by atoms with Crippen LogP contribution in [0.25, 0.3) is 0 Å². The third kappa shape index (κ3) is 3.58. The van der Waals surface area contributed by atoms with Crippen molar-refractivity contribution in [2.75, 3.05) is 16.8 Å². The van der Waals surface area contributed by atoms with Crippen LogP contribution < -0.4 is 10.6 Å². The van der Waals surface area contributed by atoms with Crippen molar-refractivity contribution >= 4 is 33.9 Å². The Morgan fingerprint density at radius 2 is 2.00 bits per heavy atom. The lowest BCUT2D eigenvalue weighted by Crippen LogP contribution is -2.62. The van der Waals surface area contributed by atoms with Gasteiger partial charge >= 0.3 is 0 Å². The number of ketones is 1. The molecule has 9 nitrogen and oxygen atoms in total. The Balaban J connectivity index is 1.44. The maximum atomic E-state index is 13.6. The van der Waals surface area contributed by atoms with Crippen molar-refractivity contribution in [1.82, 2.24) is 9.88 Å². The molecule has 2 aliphatic heterocycles. The van der Waals surface area contributed by atoms with Crippen molar-refractivity contribution in [3.05, 3.63) is 52.1 Å². The van der Waals surface area contributed by atoms with Crippen LogP contribution in [-0.2, 0) is 11.2 Å². The highest BCUT2D eigenvalue weighted by atomic mass is 32.3. The molecule has 0 radical (unpaired) electrons. The maximum absolute atomic E-state index is 13.6. The second kappa shape index (κ2) is 7.40. The monoisotopic (exact) mass is 486 g/mol. The van der Waals surface area contributed by atoms with Crippen molar-refractivity contribution in [2.45, 2.75) is 38.3 Å². The first-order chi connectivity index (χ1) is 15.9. The standard InChI is InChI=1S/C23H23FN4O5S/c1-11-18(20(29)22(31)27-23(2)9-34(32,33)10-23)17-7-12-6-16(12)28(17)19(11)21(30)26-14-3-4-15(24)13(5-14)8-25/h3-5,12,16,32-33H,6-7,9-10H2,1-2H3,(H,26,30)(H,27,31)/t12-,16-/m1/s1. The highest BCUT2D eigenvalue weighted by molar-refractivity contribution is 8.25. The number of aromatic nitrogens is 1. The van der Waals surface area contributed by atoms with E-state index in [-0.39, 0.29) is 40.1 Å². The first kappa shape index (κ1) is 22.6. The van der Waals surface area contributed by atoms with Gasteiger partial charge in [-0.25, -0.2) is 4.39 Å². The van der Waals surface area contributed by atoms with Crippen LogP contribution in [0.15, 0.2) is 18.2 Å². The van der Waals surface area contributed by atoms with Gasteiger partial charge in [0.25, 0.3) is 17.6 Å². The summed E-state index contributed by atoms with van der Waals surface area (Å²) in [6.45, 7) is 3.27. The molecular weight excluding hydrogens is 463 g/mol. The normalized spacial score (nSPS) is 23.5. The minimum atomic E-state index is -2.72. The molecule has 1 aliphatic carbocycles. The van der Waals surface area contributed by atoms with Crippen LogP contribution in [0.1, 0.15) is 57.1 Å². The highest BCUT2D eigenvalue weighted by Crippen LogP contribution is 2.55. The number of anilines is 1. The van der Waals surface area contributed by atoms with Gasteiger partial charge in [0.05, 0.1) is 28.2 Å². The molecule has 1 aromatic heterocycles. The summed E-state index contributed by atoms with van der Waals surface area (Å²) in [6.07, 6.45) is 1.46. The number of carbonyl (C=O) groups excluding carboxylic acids is 3. The Morgan fingerprint density at radius 1 is 1.29 bits per heavy atom. The lowest BCUT2D eigenvalue weighted by molar-refractivity contribution is -0.118. The molecule has 34 heavy (non-hydrogen) atoms. The van der Waals surface area contributed by atoms with Crippen LogP contribution in [-0.4, -0.2) is 48.3 Å². The zero-order valence-electron chi connectivity index (χ0n) is 18.5. The SMILES string of the molecule is Cc1c(C(=O)C(=O)NC2(C)CS(O)(O)C2)c2n(c1C(=O)Nc1ccc(F)c(C#N)c1)[C@@H]1C[C@@H]1C2. The van der Waals surface area contributed by atoms with E-state index in [0.717, 1.165) is 12.5 Å². The number of fused-ring (bicyclic) bond motifs is 3. The number of halogens is 1. The maximum Gasteiger partial charge on any atom is 0.292 e. The topological polar surface area (TPSA) is 144 Å². The summed E-state index contributed by atoms with van der Waals surface area (Å²) >= 11 is 0. The van der Waals surface area contributed by atoms with Crippen molar-refractivity contribution < 1.29 is 27.9 Å². The Morgan fingerprint density at radius 3 is 2.65 bits per heavy atom. The van der Waals surface area contributed by atoms with E-state index in [4.69, 9.17) is 5.26 Å². The minimum absolute atomic E-state index is 0.00791. The molecule has 3 heterocycles. The van der Waals surface area contributed by atoms with Gasteiger partial charge in [0, 0.05) is 17.4 Å². The van der Waals surface area contributed by atoms with Crippen LogP contribution in [0, 0.1) is 30.0 Å². The summed E-state index contributed by atoms with van der Waals surface area (Å²) in [5.41, 5.74) is 0.652. The number of carbonyl (C=O) groups is 3. The molecule has 2 atom stereocenters. The second-order valence-corrected chi connectivity index (χ2v) is 11.8. The van der Waals surface area contributed by atoms with E-state index < -0.39 is 39.5 Å². The number of benzene rings is 1. The molecule has 3 aliphatic rings. The minimum Gasteiger partial charge on any atom is -0.341 e. The van der Waals surface area contributed by atoms with Crippen molar-refractivity contribution in [3.8, 4) is 6.07 Å². The van der Waals surface area contributed by atoms with Crippen LogP contribution in [0.5, 0.6) is 0 Å². The summed E-state index contributed by atoms with van der Waals surface area (Å²) in [7, 11) is -2.72. The lowest BCUT2D eigenvalue weighted by atomic mass is 10.0. The number of Topliss-reactive ketones (excluding diaryl/α,β-unsaturated/α-hetero) is 1. The van der Waals surface area contributed by atoms with Gasteiger partial charge in [-0.3, -0.25) is 23.5 Å². The Kier molecular flexibility index (Phi) is 4.91. The van der Waals surface area contributed by atoms with E-state index in [2.05, 4.69) is 10.6 Å². The smallest absolute Gasteiger partial charge is 0.292 e. The van der Waals surface area contributed by atoms with Crippen LogP contribution in [0.4, 0.5) is 10.1 Å². The number of hydrogen-bond acceptors (Lipinski definition) is 6. The fourth-order valence-corrected chi connectivity index (χ4v) is 7.41. The Hall–Kier alpha value is -3.20. The van der Waals surface area contributed by atoms with E-state index in [1.807, 2.05) is 4.57 Å². The third-order valence-corrected chi connectivity index (χ3v) is 8.93. The fourth-order valence-electron chi connectivity index (χ4n) is 5.31. The second-order valence-electron chi connectivity index (χ2n) is 9.63. The lowest BCUT2D eigenvalue weighted by Gasteiger charge is -2.54. The van der Waals surface area contributed by atoms with Crippen LogP contribution in [0.2, 0.25) is 0 Å². The van der Waals surface area contributed by atoms with Gasteiger partial charge in [0.2, 0.25) is 0 Å². The number of amides is 2. The zero-order valence-corrected chi connectivity index (χ0v) is 19.3. The first-order valence-corrected chi connectivity index (χ1v) is 12.7. The molecule has 5 rings (SSSR count). The van der Waals surface area contributed by atoms with Crippen LogP contribution >= 0.6 is 10.6 Å². The summed E-state index contributed by atoms with van der Waals surface area (Å²) < 4.78 is 34.8. The van der Waals surface area contributed by atoms with Gasteiger partial charge in [-0.15, -0.1) is 0 Å². The molecule has 4 N–H and O–H groups in total. The van der Waals surface area contributed by atoms with Gasteiger partial charge in [0.1, 0.15) is 17.6 Å². The van der Waals surface area contributed by atoms with Gasteiger partial charge in [0.15, 0.2) is 0 Å². The van der Waals surface area contributed by atoms with Crippen molar-refractivity contribution in [2.24, 2.45) is 5.92 Å². The van der Waals surface area contributed by atoms with E-state index in [1.54, 1.807) is 19.9 Å². The molecule has 1 aromatic carbocycles. The third-order valence-electron chi connectivity index (χ3n) is 6.73. The molecule has 2 fully saturated rings. The largest absolute Gasteiger partial charge is 0.341 e. The number of nitrogens with one attached hydrogen (secondary N) is 2. The van der Waals surface area contributed by atoms with Crippen LogP contribution in [0.3, 0.4) is 0 Å². The quantitative estimate of drug-likeness (QED) is 0.378. The molecule has 2 aromatic rings. The fraction of sp³-hybridized carbons (Fsp3) is 0.391. The molecule has 178 valence electrons. The van der Waals surface area contributed by atoms with Gasteiger partial charge in [-0.1, -0.05) is 0 Å². The number of hydrogen-bond donors (Lipinski definition) is 4. The first-order valence-electron chi connectivity index (χ1n) is 10.8. The van der Waals surface area contributed by atoms with Crippen molar-refractivity contribution in [3.63, 3.8) is 0 Å². The Labute approximate surface area is 196 Å². The van der Waals surface area contributed by atoms with Crippen molar-refractivity contribution in [1.29, 1.82) is 5.26 Å². The number of nitrogens with zero attached hydrogens (tertiary/aromatic N) is 2. The number of rotatable bonds is 5. The summed E-state index contributed by atoms with van der Waals surface area (Å²) in [5, 5.41) is 14.3. The zero-order chi connectivity index (χ0) is 24.6. The molecule has 0 spiro atoms. The van der Waals surface area contributed by atoms with Gasteiger partial charge in [-0.05, 0) is 56.4 Å². The highest BCUT2D eigenvalue weighted by Gasteiger charge is 2.51. The average Bonchev–Trinajstić information content (AvgIpc) is 3.31. The summed E-state index contributed by atoms with van der Waals surface area (Å²) in [6, 6.07) is 5.49. The molecule has 1 saturated heterocycles. The summed E-state index contributed by atoms with van der Waals surface area (Å²) in [4.78, 5) is 39.2. The van der Waals surface area contributed by atoms with Gasteiger partial charge < -0.3 is 15.2 Å². The molecule has 0 unspecified atom stereocenters. The van der Waals surface area contributed by atoms with E-state index in [9.17, 15) is 27.9 Å². The predicted molar refractivity (Wildman–Crippen MR) is 123 cm³/mol. The average molecular weight is 487 g/mol. The molecular formula is C23H23FN4O5S. The molecule has 11 heteroatoms. The molecule has 2 amide bonds. The molecule has 0 bridgehead atoms. The van der Waals surface area contributed by atoms with E-state index in [0.29, 0.717) is 23.6 Å². The van der Waals surface area contributed by atoms with E-state index in [1.165, 1.54) is 12.1 Å². The predicted octanol–water partition coefficient (Wildman–Crippen LogP) is 3.00. The van der Waals surface area contributed by atoms with Gasteiger partial charge in [-0.2, -0.15) is 15.9 Å². The molecule has 1 saturated carbocycles. The Bertz CT molecular complexity index is 1320. The number of nitriles is 1. The summed E-state index contributed by atoms with van der Waals surface area (Å²) in [5.74, 6) is -2.52.